The molecule has 28 heavy (non-hydrogen) atoms. The first-order valence-corrected chi connectivity index (χ1v) is 10.7. The van der Waals surface area contributed by atoms with Crippen molar-refractivity contribution < 1.29 is 14.1 Å². The van der Waals surface area contributed by atoms with Crippen molar-refractivity contribution in [3.63, 3.8) is 0 Å². The van der Waals surface area contributed by atoms with Gasteiger partial charge in [-0.2, -0.15) is 0 Å². The summed E-state index contributed by atoms with van der Waals surface area (Å²) >= 11 is 0. The summed E-state index contributed by atoms with van der Waals surface area (Å²) in [5.41, 5.74) is 7.28. The number of carbonyl (C=O) groups excluding carboxylic acids is 1. The van der Waals surface area contributed by atoms with E-state index in [1.807, 2.05) is 30.3 Å². The lowest BCUT2D eigenvalue weighted by Crippen LogP contribution is -2.65. The first kappa shape index (κ1) is 19.9. The minimum atomic E-state index is -0.581. The van der Waals surface area contributed by atoms with Crippen molar-refractivity contribution in [2.45, 2.75) is 77.1 Å². The molecule has 2 bridgehead atoms. The molecule has 0 radical (unpaired) electrons. The number of benzene rings is 1. The molecular weight excluding hydrogens is 351 g/mol. The Morgan fingerprint density at radius 1 is 1.29 bits per heavy atom. The highest BCUT2D eigenvalue weighted by Gasteiger charge is 2.68. The zero-order chi connectivity index (χ0) is 20.1. The summed E-state index contributed by atoms with van der Waals surface area (Å²) in [6, 6.07) is 9.29. The van der Waals surface area contributed by atoms with Gasteiger partial charge in [0.25, 0.3) is 0 Å². The molecule has 6 heteroatoms. The predicted molar refractivity (Wildman–Crippen MR) is 110 cm³/mol. The predicted octanol–water partition coefficient (Wildman–Crippen LogP) is 2.72. The molecule has 1 amide bonds. The van der Waals surface area contributed by atoms with Crippen LogP contribution >= 0.6 is 0 Å². The third-order valence-corrected chi connectivity index (χ3v) is 7.70. The van der Waals surface area contributed by atoms with E-state index in [-0.39, 0.29) is 23.6 Å². The van der Waals surface area contributed by atoms with Gasteiger partial charge in [0.05, 0.1) is 23.7 Å². The molecular formula is C22H33BN2O3. The lowest BCUT2D eigenvalue weighted by atomic mass is 9.43. The quantitative estimate of drug-likeness (QED) is 0.740. The molecule has 0 unspecified atom stereocenters. The fourth-order valence-electron chi connectivity index (χ4n) is 5.68. The van der Waals surface area contributed by atoms with Crippen molar-refractivity contribution in [1.29, 1.82) is 0 Å². The van der Waals surface area contributed by atoms with Gasteiger partial charge in [-0.15, -0.1) is 0 Å². The van der Waals surface area contributed by atoms with Gasteiger partial charge < -0.3 is 20.4 Å². The van der Waals surface area contributed by atoms with Gasteiger partial charge in [0.15, 0.2) is 0 Å². The molecule has 3 saturated carbocycles. The lowest BCUT2D eigenvalue weighted by molar-refractivity contribution is -0.199. The van der Waals surface area contributed by atoms with Crippen LogP contribution in [-0.4, -0.2) is 36.7 Å². The minimum Gasteiger partial charge on any atom is -0.404 e. The Morgan fingerprint density at radius 2 is 2.00 bits per heavy atom. The molecule has 152 valence electrons. The Kier molecular flexibility index (Phi) is 5.09. The number of nitrogens with two attached hydrogens (primary N) is 1. The van der Waals surface area contributed by atoms with Crippen molar-refractivity contribution >= 4 is 13.0 Å². The van der Waals surface area contributed by atoms with Crippen LogP contribution < -0.4 is 11.1 Å². The second-order valence-electron chi connectivity index (χ2n) is 9.66. The summed E-state index contributed by atoms with van der Waals surface area (Å²) in [6.07, 6.45) is 3.66. The molecule has 3 N–H and O–H groups in total. The van der Waals surface area contributed by atoms with Crippen LogP contribution in [0.15, 0.2) is 30.3 Å². The van der Waals surface area contributed by atoms with Crippen molar-refractivity contribution in [2.75, 3.05) is 0 Å². The summed E-state index contributed by atoms with van der Waals surface area (Å²) in [5, 5.41) is 3.09. The van der Waals surface area contributed by atoms with Crippen molar-refractivity contribution in [1.82, 2.24) is 5.32 Å². The Labute approximate surface area is 168 Å². The number of carbonyl (C=O) groups is 1. The highest BCUT2D eigenvalue weighted by molar-refractivity contribution is 6.47. The molecule has 1 aromatic rings. The molecule has 5 rings (SSSR count). The van der Waals surface area contributed by atoms with Crippen LogP contribution in [0.25, 0.3) is 0 Å². The monoisotopic (exact) mass is 384 g/mol. The third-order valence-electron chi connectivity index (χ3n) is 7.70. The second-order valence-corrected chi connectivity index (χ2v) is 9.66. The van der Waals surface area contributed by atoms with Crippen molar-refractivity contribution in [2.24, 2.45) is 23.0 Å². The van der Waals surface area contributed by atoms with E-state index in [2.05, 4.69) is 33.0 Å². The second kappa shape index (κ2) is 7.15. The number of amides is 1. The van der Waals surface area contributed by atoms with E-state index < -0.39 is 13.2 Å². The van der Waals surface area contributed by atoms with E-state index in [9.17, 15) is 4.79 Å². The van der Waals surface area contributed by atoms with Crippen LogP contribution in [0.2, 0.25) is 0 Å². The van der Waals surface area contributed by atoms with Gasteiger partial charge in [-0.1, -0.05) is 51.1 Å². The molecule has 6 atom stereocenters. The summed E-state index contributed by atoms with van der Waals surface area (Å²) in [4.78, 5) is 12.7. The van der Waals surface area contributed by atoms with E-state index in [1.165, 1.54) is 6.42 Å². The number of hydrogen-bond donors (Lipinski definition) is 2. The lowest BCUT2D eigenvalue weighted by Gasteiger charge is -2.64. The molecule has 0 spiro atoms. The average Bonchev–Trinajstić information content (AvgIpc) is 3.03. The summed E-state index contributed by atoms with van der Waals surface area (Å²) in [5.74, 6) is 0.902. The van der Waals surface area contributed by atoms with Crippen LogP contribution in [0.1, 0.15) is 52.5 Å². The maximum absolute atomic E-state index is 12.7. The van der Waals surface area contributed by atoms with E-state index in [4.69, 9.17) is 15.0 Å². The van der Waals surface area contributed by atoms with Gasteiger partial charge in [0.1, 0.15) is 0 Å². The molecule has 1 aliphatic heterocycles. The van der Waals surface area contributed by atoms with Crippen LogP contribution in [0.5, 0.6) is 0 Å². The summed E-state index contributed by atoms with van der Waals surface area (Å²) in [7, 11) is -0.400. The molecule has 5 nitrogen and oxygen atoms in total. The van der Waals surface area contributed by atoms with Crippen molar-refractivity contribution in [3.05, 3.63) is 35.9 Å². The minimum absolute atomic E-state index is 0.123. The van der Waals surface area contributed by atoms with E-state index in [0.717, 1.165) is 18.4 Å². The highest BCUT2D eigenvalue weighted by atomic mass is 16.7. The molecule has 1 aromatic carbocycles. The Bertz CT molecular complexity index is 728. The average molecular weight is 384 g/mol. The molecule has 0 aromatic heterocycles. The van der Waals surface area contributed by atoms with Gasteiger partial charge in [0, 0.05) is 0 Å². The topological polar surface area (TPSA) is 73.6 Å². The smallest absolute Gasteiger partial charge is 0.404 e. The van der Waals surface area contributed by atoms with E-state index in [0.29, 0.717) is 23.7 Å². The van der Waals surface area contributed by atoms with E-state index in [1.54, 1.807) is 0 Å². The molecule has 1 heterocycles. The van der Waals surface area contributed by atoms with Gasteiger partial charge >= 0.3 is 7.12 Å². The largest absolute Gasteiger partial charge is 0.481 e. The van der Waals surface area contributed by atoms with Crippen LogP contribution in [0.4, 0.5) is 0 Å². The zero-order valence-electron chi connectivity index (χ0n) is 17.5. The van der Waals surface area contributed by atoms with E-state index >= 15 is 0 Å². The first-order chi connectivity index (χ1) is 13.3. The Hall–Kier alpha value is -1.37. The SMILES string of the molecule is CC[C@H](NC(=O)[C@@H](N)Cc1ccccc1)B1O[C@@H]2C[C@@H]3C[C@@H](C3(C)C)[C@]2(C)O1. The zero-order valence-corrected chi connectivity index (χ0v) is 17.5. The van der Waals surface area contributed by atoms with Crippen LogP contribution in [0.3, 0.4) is 0 Å². The Morgan fingerprint density at radius 3 is 2.64 bits per heavy atom. The normalized spacial score (nSPS) is 34.9. The molecule has 4 fully saturated rings. The fourth-order valence-corrected chi connectivity index (χ4v) is 5.68. The van der Waals surface area contributed by atoms with Gasteiger partial charge in [-0.05, 0) is 55.4 Å². The Balaban J connectivity index is 1.39. The maximum atomic E-state index is 12.7. The summed E-state index contributed by atoms with van der Waals surface area (Å²) < 4.78 is 12.8. The van der Waals surface area contributed by atoms with Gasteiger partial charge in [-0.25, -0.2) is 0 Å². The number of rotatable bonds is 6. The maximum Gasteiger partial charge on any atom is 0.481 e. The summed E-state index contributed by atoms with van der Waals surface area (Å²) in [6.45, 7) is 8.96. The number of nitrogens with one attached hydrogen (secondary N) is 1. The molecule has 1 saturated heterocycles. The molecule has 3 aliphatic carbocycles. The standard InChI is InChI=1S/C22H33BN2O3/c1-5-19(25-20(26)16(24)11-14-9-7-6-8-10-14)23-27-18-13-15-12-17(21(15,2)3)22(18,4)28-23/h6-10,15-19H,5,11-13,24H2,1-4H3,(H,25,26)/t15-,16-,17-,18+,19-,22-/m0/s1. The fraction of sp³-hybridized carbons (Fsp3) is 0.682. The first-order valence-electron chi connectivity index (χ1n) is 10.7. The van der Waals surface area contributed by atoms with Crippen LogP contribution in [-0.2, 0) is 20.5 Å². The van der Waals surface area contributed by atoms with Crippen molar-refractivity contribution in [3.8, 4) is 0 Å². The third kappa shape index (κ3) is 3.19. The van der Waals surface area contributed by atoms with Gasteiger partial charge in [0.2, 0.25) is 5.91 Å². The van der Waals surface area contributed by atoms with Crippen LogP contribution in [0, 0.1) is 17.3 Å². The van der Waals surface area contributed by atoms with Gasteiger partial charge in [-0.3, -0.25) is 4.79 Å². The number of hydrogen-bond acceptors (Lipinski definition) is 4. The molecule has 4 aliphatic rings. The highest BCUT2D eigenvalue weighted by Crippen LogP contribution is 2.65.